The number of aryl methyl sites for hydroxylation is 1. The largest absolute Gasteiger partial charge is 0.454 e. The average molecular weight is 310 g/mol. The van der Waals surface area contributed by atoms with Crippen molar-refractivity contribution in [2.24, 2.45) is 5.73 Å². The fraction of sp³-hybridized carbons (Fsp3) is 0.278. The lowest BCUT2D eigenvalue weighted by Gasteiger charge is -2.45. The van der Waals surface area contributed by atoms with Gasteiger partial charge >= 0.3 is 0 Å². The maximum atomic E-state index is 12.3. The molecule has 1 amide bonds. The quantitative estimate of drug-likeness (QED) is 0.884. The van der Waals surface area contributed by atoms with E-state index in [1.54, 1.807) is 4.90 Å². The molecule has 5 nitrogen and oxygen atoms in total. The first-order valence-corrected chi connectivity index (χ1v) is 7.76. The Labute approximate surface area is 134 Å². The molecule has 0 spiro atoms. The molecular weight excluding hydrogens is 292 g/mol. The van der Waals surface area contributed by atoms with E-state index in [4.69, 9.17) is 15.2 Å². The summed E-state index contributed by atoms with van der Waals surface area (Å²) in [5.41, 5.74) is 9.16. The van der Waals surface area contributed by atoms with Crippen molar-refractivity contribution in [2.75, 3.05) is 11.7 Å². The third-order valence-corrected chi connectivity index (χ3v) is 4.50. The molecule has 0 aromatic heterocycles. The van der Waals surface area contributed by atoms with E-state index in [0.717, 1.165) is 17.7 Å². The summed E-state index contributed by atoms with van der Waals surface area (Å²) in [6.45, 7) is 2.33. The number of anilines is 1. The van der Waals surface area contributed by atoms with Crippen LogP contribution in [0.2, 0.25) is 0 Å². The van der Waals surface area contributed by atoms with Crippen LogP contribution in [0.15, 0.2) is 42.5 Å². The molecule has 2 aromatic carbocycles. The van der Waals surface area contributed by atoms with Gasteiger partial charge in [-0.1, -0.05) is 31.2 Å². The fourth-order valence-electron chi connectivity index (χ4n) is 3.14. The maximum Gasteiger partial charge on any atom is 0.247 e. The van der Waals surface area contributed by atoms with Gasteiger partial charge in [0.05, 0.1) is 6.04 Å². The number of rotatable bonds is 3. The molecule has 5 heteroatoms. The van der Waals surface area contributed by atoms with Gasteiger partial charge in [0.25, 0.3) is 0 Å². The average Bonchev–Trinajstić information content (AvgIpc) is 3.06. The zero-order chi connectivity index (χ0) is 16.0. The number of ether oxygens (including phenoxy) is 2. The van der Waals surface area contributed by atoms with E-state index in [1.807, 2.05) is 18.2 Å². The normalized spacial score (nSPS) is 22.2. The molecular formula is C18H18N2O3. The molecule has 2 N–H and O–H groups in total. The summed E-state index contributed by atoms with van der Waals surface area (Å²) in [4.78, 5) is 14.0. The molecule has 2 aliphatic rings. The van der Waals surface area contributed by atoms with Crippen molar-refractivity contribution in [3.8, 4) is 11.5 Å². The Balaban J connectivity index is 1.67. The van der Waals surface area contributed by atoms with E-state index in [1.165, 1.54) is 5.56 Å². The number of fused-ring (bicyclic) bond motifs is 1. The van der Waals surface area contributed by atoms with Crippen LogP contribution in [0.1, 0.15) is 24.1 Å². The number of amides is 1. The van der Waals surface area contributed by atoms with E-state index in [2.05, 4.69) is 31.2 Å². The number of carbonyl (C=O) groups excluding carboxylic acids is 1. The second kappa shape index (κ2) is 5.28. The number of hydrogen-bond donors (Lipinski definition) is 1. The number of carbonyl (C=O) groups is 1. The zero-order valence-corrected chi connectivity index (χ0v) is 12.9. The summed E-state index contributed by atoms with van der Waals surface area (Å²) in [6.07, 6.45) is 0.988. The Hall–Kier alpha value is -2.53. The SMILES string of the molecule is CCc1ccc([C@H]2[C@H](N)C(=O)N2c2ccc3c(c2)OCO3)cc1. The highest BCUT2D eigenvalue weighted by molar-refractivity contribution is 6.05. The monoisotopic (exact) mass is 310 g/mol. The Kier molecular flexibility index (Phi) is 3.23. The van der Waals surface area contributed by atoms with Gasteiger partial charge in [-0.2, -0.15) is 0 Å². The van der Waals surface area contributed by atoms with Gasteiger partial charge in [0.1, 0.15) is 6.04 Å². The lowest BCUT2D eigenvalue weighted by Crippen LogP contribution is -2.63. The summed E-state index contributed by atoms with van der Waals surface area (Å²) < 4.78 is 10.7. The molecule has 0 radical (unpaired) electrons. The van der Waals surface area contributed by atoms with E-state index in [0.29, 0.717) is 11.5 Å². The van der Waals surface area contributed by atoms with Gasteiger partial charge in [-0.15, -0.1) is 0 Å². The van der Waals surface area contributed by atoms with E-state index < -0.39 is 6.04 Å². The Bertz CT molecular complexity index is 757. The van der Waals surface area contributed by atoms with Crippen molar-refractivity contribution in [1.29, 1.82) is 0 Å². The summed E-state index contributed by atoms with van der Waals surface area (Å²) >= 11 is 0. The molecule has 2 aliphatic heterocycles. The van der Waals surface area contributed by atoms with Crippen molar-refractivity contribution in [2.45, 2.75) is 25.4 Å². The molecule has 118 valence electrons. The van der Waals surface area contributed by atoms with Gasteiger partial charge in [-0.3, -0.25) is 4.79 Å². The van der Waals surface area contributed by atoms with Gasteiger partial charge in [-0.25, -0.2) is 0 Å². The first kappa shape index (κ1) is 14.1. The Morgan fingerprint density at radius 3 is 2.61 bits per heavy atom. The number of hydrogen-bond acceptors (Lipinski definition) is 4. The van der Waals surface area contributed by atoms with Crippen LogP contribution in [0.4, 0.5) is 5.69 Å². The van der Waals surface area contributed by atoms with Gasteiger partial charge < -0.3 is 20.1 Å². The second-order valence-electron chi connectivity index (χ2n) is 5.81. The van der Waals surface area contributed by atoms with Crippen LogP contribution >= 0.6 is 0 Å². The molecule has 1 fully saturated rings. The van der Waals surface area contributed by atoms with Crippen molar-refractivity contribution in [3.05, 3.63) is 53.6 Å². The first-order valence-electron chi connectivity index (χ1n) is 7.76. The summed E-state index contributed by atoms with van der Waals surface area (Å²) in [5, 5.41) is 0. The van der Waals surface area contributed by atoms with Crippen LogP contribution in [-0.2, 0) is 11.2 Å². The van der Waals surface area contributed by atoms with Gasteiger partial charge in [0.15, 0.2) is 11.5 Å². The Morgan fingerprint density at radius 2 is 1.87 bits per heavy atom. The van der Waals surface area contributed by atoms with Crippen molar-refractivity contribution in [1.82, 2.24) is 0 Å². The minimum Gasteiger partial charge on any atom is -0.454 e. The predicted octanol–water partition coefficient (Wildman–Crippen LogP) is 2.39. The minimum atomic E-state index is -0.507. The highest BCUT2D eigenvalue weighted by atomic mass is 16.7. The topological polar surface area (TPSA) is 64.8 Å². The first-order chi connectivity index (χ1) is 11.2. The maximum absolute atomic E-state index is 12.3. The molecule has 0 saturated carbocycles. The fourth-order valence-corrected chi connectivity index (χ4v) is 3.14. The summed E-state index contributed by atoms with van der Waals surface area (Å²) in [6, 6.07) is 13.1. The highest BCUT2D eigenvalue weighted by Gasteiger charge is 2.46. The lowest BCUT2D eigenvalue weighted by molar-refractivity contribution is -0.126. The molecule has 2 aromatic rings. The molecule has 0 aliphatic carbocycles. The van der Waals surface area contributed by atoms with E-state index in [9.17, 15) is 4.79 Å². The van der Waals surface area contributed by atoms with Crippen LogP contribution in [0, 0.1) is 0 Å². The Morgan fingerprint density at radius 1 is 1.13 bits per heavy atom. The van der Waals surface area contributed by atoms with Gasteiger partial charge in [-0.05, 0) is 29.7 Å². The number of benzene rings is 2. The number of β-lactam (4-membered cyclic amide) rings is 1. The van der Waals surface area contributed by atoms with Crippen molar-refractivity contribution in [3.63, 3.8) is 0 Å². The molecule has 0 bridgehead atoms. The molecule has 4 rings (SSSR count). The molecule has 2 atom stereocenters. The number of nitrogens with two attached hydrogens (primary N) is 1. The lowest BCUT2D eigenvalue weighted by atomic mass is 9.88. The predicted molar refractivity (Wildman–Crippen MR) is 86.6 cm³/mol. The third kappa shape index (κ3) is 2.16. The second-order valence-corrected chi connectivity index (χ2v) is 5.81. The summed E-state index contributed by atoms with van der Waals surface area (Å²) in [7, 11) is 0. The molecule has 1 saturated heterocycles. The standard InChI is InChI=1S/C18H18N2O3/c1-2-11-3-5-12(6-4-11)17-16(19)18(21)20(17)13-7-8-14-15(9-13)23-10-22-14/h3-9,16-17H,2,10,19H2,1H3/t16-,17-/m0/s1. The van der Waals surface area contributed by atoms with Gasteiger partial charge in [0, 0.05) is 11.8 Å². The summed E-state index contributed by atoms with van der Waals surface area (Å²) in [5.74, 6) is 1.29. The minimum absolute atomic E-state index is 0.0755. The van der Waals surface area contributed by atoms with Crippen LogP contribution in [0.5, 0.6) is 11.5 Å². The van der Waals surface area contributed by atoms with Gasteiger partial charge in [0.2, 0.25) is 12.7 Å². The van der Waals surface area contributed by atoms with Crippen LogP contribution in [-0.4, -0.2) is 18.7 Å². The van der Waals surface area contributed by atoms with Crippen molar-refractivity contribution >= 4 is 11.6 Å². The molecule has 23 heavy (non-hydrogen) atoms. The number of nitrogens with zero attached hydrogens (tertiary/aromatic N) is 1. The zero-order valence-electron chi connectivity index (χ0n) is 12.9. The smallest absolute Gasteiger partial charge is 0.247 e. The molecule has 2 heterocycles. The molecule has 0 unspecified atom stereocenters. The van der Waals surface area contributed by atoms with E-state index >= 15 is 0 Å². The highest BCUT2D eigenvalue weighted by Crippen LogP contribution is 2.42. The van der Waals surface area contributed by atoms with Crippen LogP contribution in [0.25, 0.3) is 0 Å². The van der Waals surface area contributed by atoms with E-state index in [-0.39, 0.29) is 18.7 Å². The third-order valence-electron chi connectivity index (χ3n) is 4.50. The van der Waals surface area contributed by atoms with Crippen molar-refractivity contribution < 1.29 is 14.3 Å². The van der Waals surface area contributed by atoms with Crippen LogP contribution in [0.3, 0.4) is 0 Å². The van der Waals surface area contributed by atoms with Crippen LogP contribution < -0.4 is 20.1 Å².